The second-order valence-corrected chi connectivity index (χ2v) is 7.66. The molecule has 4 aromatic rings. The van der Waals surface area contributed by atoms with E-state index in [1.54, 1.807) is 0 Å². The quantitative estimate of drug-likeness (QED) is 0.337. The maximum atomic E-state index is 13.4. The molecule has 0 fully saturated rings. The number of amides is 1. The number of nitrogens with one attached hydrogen (secondary N) is 1. The van der Waals surface area contributed by atoms with Gasteiger partial charge in [0.25, 0.3) is 0 Å². The Morgan fingerprint density at radius 2 is 2.12 bits per heavy atom. The van der Waals surface area contributed by atoms with E-state index >= 15 is 0 Å². The Bertz CT molecular complexity index is 1220. The molecule has 0 saturated carbocycles. The molecule has 0 radical (unpaired) electrons. The zero-order valence-electron chi connectivity index (χ0n) is 12.8. The average Bonchev–Trinajstić information content (AvgIpc) is 3.10. The van der Waals surface area contributed by atoms with Crippen molar-refractivity contribution in [3.8, 4) is 5.88 Å². The minimum atomic E-state index is -0.645. The molecule has 26 heavy (non-hydrogen) atoms. The van der Waals surface area contributed by atoms with Gasteiger partial charge in [0, 0.05) is 19.9 Å². The highest BCUT2D eigenvalue weighted by Crippen LogP contribution is 2.40. The first-order valence-electron chi connectivity index (χ1n) is 7.28. The van der Waals surface area contributed by atoms with Crippen molar-refractivity contribution in [3.05, 3.63) is 56.6 Å². The lowest BCUT2D eigenvalue weighted by molar-refractivity contribution is 0.0999. The van der Waals surface area contributed by atoms with Crippen LogP contribution < -0.4 is 0 Å². The van der Waals surface area contributed by atoms with Gasteiger partial charge in [-0.25, -0.2) is 4.39 Å². The van der Waals surface area contributed by atoms with Gasteiger partial charge in [0.1, 0.15) is 10.7 Å². The number of aromatic nitrogens is 1. The molecule has 2 aromatic carbocycles. The minimum Gasteiger partial charge on any atom is -0.493 e. The molecule has 0 aliphatic rings. The maximum Gasteiger partial charge on any atom is 0.307 e. The molecule has 0 atom stereocenters. The predicted molar refractivity (Wildman–Crippen MR) is 103 cm³/mol. The largest absolute Gasteiger partial charge is 0.493 e. The van der Waals surface area contributed by atoms with Crippen molar-refractivity contribution in [1.29, 1.82) is 0 Å². The van der Waals surface area contributed by atoms with Crippen molar-refractivity contribution in [2.24, 2.45) is 10.2 Å². The van der Waals surface area contributed by atoms with E-state index in [0.29, 0.717) is 10.9 Å². The van der Waals surface area contributed by atoms with Crippen molar-refractivity contribution in [3.63, 3.8) is 0 Å². The number of hydrogen-bond donors (Lipinski definition) is 2. The summed E-state index contributed by atoms with van der Waals surface area (Å²) in [5.41, 5.74) is 0.473. The fraction of sp³-hybridized carbons (Fsp3) is 0. The minimum absolute atomic E-state index is 0.00809. The molecule has 5 nitrogen and oxygen atoms in total. The van der Waals surface area contributed by atoms with E-state index in [0.717, 1.165) is 14.6 Å². The van der Waals surface area contributed by atoms with Crippen LogP contribution in [0.1, 0.15) is 9.67 Å². The smallest absolute Gasteiger partial charge is 0.307 e. The summed E-state index contributed by atoms with van der Waals surface area (Å²) >= 11 is 10.9. The summed E-state index contributed by atoms with van der Waals surface area (Å²) < 4.78 is 15.1. The van der Waals surface area contributed by atoms with Crippen LogP contribution in [0.5, 0.6) is 5.88 Å². The third kappa shape index (κ3) is 2.80. The number of carbonyl (C=O) groups is 1. The number of azo groups is 1. The SMILES string of the molecule is O=C(N=Nc1c(O)[nH]c2ccc(F)cc12)c1sc2cccc(Br)c2c1Cl. The number of aromatic amines is 1. The molecule has 0 bridgehead atoms. The summed E-state index contributed by atoms with van der Waals surface area (Å²) in [5.74, 6) is -1.43. The van der Waals surface area contributed by atoms with Crippen molar-refractivity contribution in [1.82, 2.24) is 4.98 Å². The number of nitrogens with zero attached hydrogens (tertiary/aromatic N) is 2. The fourth-order valence-electron chi connectivity index (χ4n) is 2.59. The van der Waals surface area contributed by atoms with Crippen LogP contribution in [0.15, 0.2) is 51.1 Å². The van der Waals surface area contributed by atoms with E-state index < -0.39 is 11.7 Å². The molecule has 9 heteroatoms. The van der Waals surface area contributed by atoms with Crippen LogP contribution >= 0.6 is 38.9 Å². The van der Waals surface area contributed by atoms with Crippen LogP contribution in [0.2, 0.25) is 5.02 Å². The van der Waals surface area contributed by atoms with Crippen LogP contribution in [-0.4, -0.2) is 16.0 Å². The molecule has 130 valence electrons. The van der Waals surface area contributed by atoms with E-state index in [1.165, 1.54) is 29.5 Å². The van der Waals surface area contributed by atoms with Gasteiger partial charge in [-0.05, 0) is 30.3 Å². The third-order valence-corrected chi connectivity index (χ3v) is 6.05. The summed E-state index contributed by atoms with van der Waals surface area (Å²) in [6.07, 6.45) is 0. The molecule has 2 N–H and O–H groups in total. The molecule has 4 rings (SSSR count). The van der Waals surface area contributed by atoms with Gasteiger partial charge in [0.05, 0.1) is 10.5 Å². The number of aromatic hydroxyl groups is 1. The van der Waals surface area contributed by atoms with E-state index in [2.05, 4.69) is 31.1 Å². The molecule has 0 spiro atoms. The fourth-order valence-corrected chi connectivity index (χ4v) is 4.85. The Morgan fingerprint density at radius 1 is 1.31 bits per heavy atom. The van der Waals surface area contributed by atoms with Crippen LogP contribution in [-0.2, 0) is 0 Å². The third-order valence-electron chi connectivity index (χ3n) is 3.76. The topological polar surface area (TPSA) is 77.8 Å². The maximum absolute atomic E-state index is 13.4. The Morgan fingerprint density at radius 3 is 2.88 bits per heavy atom. The van der Waals surface area contributed by atoms with Crippen LogP contribution in [0.25, 0.3) is 21.0 Å². The molecule has 1 amide bonds. The summed E-state index contributed by atoms with van der Waals surface area (Å²) in [6, 6.07) is 9.43. The van der Waals surface area contributed by atoms with Crippen LogP contribution in [0.3, 0.4) is 0 Å². The summed E-state index contributed by atoms with van der Waals surface area (Å²) in [4.78, 5) is 15.3. The molecule has 0 aliphatic carbocycles. The highest BCUT2D eigenvalue weighted by atomic mass is 79.9. The predicted octanol–water partition coefficient (Wildman–Crippen LogP) is 6.57. The Kier molecular flexibility index (Phi) is 4.26. The van der Waals surface area contributed by atoms with Gasteiger partial charge in [0.15, 0.2) is 5.69 Å². The highest BCUT2D eigenvalue weighted by molar-refractivity contribution is 9.10. The number of benzene rings is 2. The van der Waals surface area contributed by atoms with Gasteiger partial charge < -0.3 is 10.1 Å². The van der Waals surface area contributed by atoms with Crippen LogP contribution in [0.4, 0.5) is 10.1 Å². The monoisotopic (exact) mass is 451 g/mol. The van der Waals surface area contributed by atoms with Gasteiger partial charge in [-0.3, -0.25) is 4.79 Å². The van der Waals surface area contributed by atoms with Crippen molar-refractivity contribution < 1.29 is 14.3 Å². The molecule has 2 aromatic heterocycles. The number of rotatable bonds is 2. The number of halogens is 3. The van der Waals surface area contributed by atoms with Gasteiger partial charge >= 0.3 is 5.91 Å². The lowest BCUT2D eigenvalue weighted by Crippen LogP contribution is -1.89. The number of thiophene rings is 1. The number of fused-ring (bicyclic) bond motifs is 2. The van der Waals surface area contributed by atoms with Gasteiger partial charge in [-0.2, -0.15) is 0 Å². The average molecular weight is 453 g/mol. The van der Waals surface area contributed by atoms with Crippen molar-refractivity contribution in [2.45, 2.75) is 0 Å². The van der Waals surface area contributed by atoms with Gasteiger partial charge in [0.2, 0.25) is 5.88 Å². The lowest BCUT2D eigenvalue weighted by Gasteiger charge is -1.94. The Balaban J connectivity index is 1.75. The first-order valence-corrected chi connectivity index (χ1v) is 9.27. The summed E-state index contributed by atoms with van der Waals surface area (Å²) in [6.45, 7) is 0. The summed E-state index contributed by atoms with van der Waals surface area (Å²) in [7, 11) is 0. The molecule has 0 saturated heterocycles. The van der Waals surface area contributed by atoms with Gasteiger partial charge in [-0.15, -0.1) is 21.6 Å². The van der Waals surface area contributed by atoms with Crippen molar-refractivity contribution in [2.75, 3.05) is 0 Å². The van der Waals surface area contributed by atoms with E-state index in [4.69, 9.17) is 11.6 Å². The normalized spacial score (nSPS) is 11.8. The molecular weight excluding hydrogens is 445 g/mol. The Hall–Kier alpha value is -2.29. The second kappa shape index (κ2) is 6.46. The highest BCUT2D eigenvalue weighted by Gasteiger charge is 2.19. The summed E-state index contributed by atoms with van der Waals surface area (Å²) in [5, 5.41) is 18.8. The number of carbonyl (C=O) groups excluding carboxylic acids is 1. The standard InChI is InChI=1S/C17H8BrClFN3O2S/c18-9-2-1-3-11-12(9)13(19)15(26-11)17(25)23-22-14-8-6-7(20)4-5-10(8)21-16(14)24/h1-6,21,24H. The number of hydrogen-bond acceptors (Lipinski definition) is 4. The first kappa shape index (κ1) is 17.1. The van der Waals surface area contributed by atoms with Gasteiger partial charge in [-0.1, -0.05) is 33.6 Å². The number of H-pyrrole nitrogens is 1. The molecule has 0 unspecified atom stereocenters. The van der Waals surface area contributed by atoms with Crippen molar-refractivity contribution >= 4 is 71.5 Å². The zero-order valence-corrected chi connectivity index (χ0v) is 15.9. The first-order chi connectivity index (χ1) is 12.5. The molecular formula is C17H8BrClFN3O2S. The van der Waals surface area contributed by atoms with Crippen LogP contribution in [0, 0.1) is 5.82 Å². The Labute approximate surface area is 163 Å². The molecule has 2 heterocycles. The van der Waals surface area contributed by atoms with E-state index in [1.807, 2.05) is 18.2 Å². The molecule has 0 aliphatic heterocycles. The van der Waals surface area contributed by atoms with E-state index in [-0.39, 0.29) is 21.5 Å². The second-order valence-electron chi connectivity index (χ2n) is 5.38. The lowest BCUT2D eigenvalue weighted by atomic mass is 10.2. The van der Waals surface area contributed by atoms with E-state index in [9.17, 15) is 14.3 Å². The zero-order chi connectivity index (χ0) is 18.4.